The molecule has 4 N–H and O–H groups in total. The fraction of sp³-hybridized carbons (Fsp3) is 0.571. The van der Waals surface area contributed by atoms with E-state index in [0.29, 0.717) is 18.7 Å². The quantitative estimate of drug-likeness (QED) is 0.312. The van der Waals surface area contributed by atoms with E-state index < -0.39 is 0 Å². The fourth-order valence-corrected chi connectivity index (χ4v) is 3.17. The van der Waals surface area contributed by atoms with Gasteiger partial charge in [-0.3, -0.25) is 14.6 Å². The van der Waals surface area contributed by atoms with Crippen molar-refractivity contribution in [3.8, 4) is 5.75 Å². The highest BCUT2D eigenvalue weighted by Gasteiger charge is 2.24. The smallest absolute Gasteiger partial charge is 0.251 e. The Bertz CT molecular complexity index is 695. The van der Waals surface area contributed by atoms with Gasteiger partial charge in [-0.1, -0.05) is 13.8 Å². The molecule has 0 spiro atoms. The second-order valence-electron chi connectivity index (χ2n) is 7.46. The molecule has 0 aliphatic carbocycles. The molecule has 1 aliphatic rings. The van der Waals surface area contributed by atoms with Crippen molar-refractivity contribution >= 4 is 17.8 Å². The Labute approximate surface area is 172 Å². The standard InChI is InChI=1S/C21H33N5O3/c1-4-22-21(25-17-9-13-26(14-10-17)20(29)15(2)3)24-12-11-23-19(28)16-5-7-18(27)8-6-16/h5-8,15,17,27H,4,9-14H2,1-3H3,(H,23,28)(H2,22,24,25). The van der Waals surface area contributed by atoms with E-state index in [2.05, 4.69) is 20.9 Å². The molecule has 1 fully saturated rings. The van der Waals surface area contributed by atoms with Gasteiger partial charge in [-0.25, -0.2) is 0 Å². The van der Waals surface area contributed by atoms with Crippen LogP contribution in [-0.2, 0) is 4.79 Å². The first-order valence-corrected chi connectivity index (χ1v) is 10.3. The number of aromatic hydroxyl groups is 1. The summed E-state index contributed by atoms with van der Waals surface area (Å²) in [5, 5.41) is 18.8. The maximum Gasteiger partial charge on any atom is 0.251 e. The molecule has 2 rings (SSSR count). The van der Waals surface area contributed by atoms with E-state index in [-0.39, 0.29) is 29.5 Å². The van der Waals surface area contributed by atoms with E-state index in [1.807, 2.05) is 25.7 Å². The lowest BCUT2D eigenvalue weighted by Crippen LogP contribution is -2.50. The number of aliphatic imine (C=N–C) groups is 1. The van der Waals surface area contributed by atoms with Gasteiger partial charge in [0.1, 0.15) is 5.75 Å². The number of guanidine groups is 1. The van der Waals surface area contributed by atoms with Crippen molar-refractivity contribution in [2.45, 2.75) is 39.7 Å². The minimum absolute atomic E-state index is 0.0372. The molecular weight excluding hydrogens is 370 g/mol. The molecule has 0 aromatic heterocycles. The van der Waals surface area contributed by atoms with E-state index >= 15 is 0 Å². The number of carbonyl (C=O) groups is 2. The number of carbonyl (C=O) groups excluding carboxylic acids is 2. The minimum Gasteiger partial charge on any atom is -0.508 e. The van der Waals surface area contributed by atoms with Crippen LogP contribution in [0.25, 0.3) is 0 Å². The lowest BCUT2D eigenvalue weighted by Gasteiger charge is -2.34. The second-order valence-corrected chi connectivity index (χ2v) is 7.46. The third-order valence-corrected chi connectivity index (χ3v) is 4.78. The van der Waals surface area contributed by atoms with Crippen LogP contribution in [0.3, 0.4) is 0 Å². The summed E-state index contributed by atoms with van der Waals surface area (Å²) in [4.78, 5) is 30.6. The summed E-state index contributed by atoms with van der Waals surface area (Å²) in [6.07, 6.45) is 1.78. The predicted molar refractivity (Wildman–Crippen MR) is 114 cm³/mol. The number of amides is 2. The maximum atomic E-state index is 12.1. The molecule has 0 atom stereocenters. The Morgan fingerprint density at radius 2 is 1.83 bits per heavy atom. The number of rotatable bonds is 7. The van der Waals surface area contributed by atoms with Crippen LogP contribution in [0.15, 0.2) is 29.3 Å². The summed E-state index contributed by atoms with van der Waals surface area (Å²) in [5.74, 6) is 0.913. The number of hydrogen-bond donors (Lipinski definition) is 4. The Morgan fingerprint density at radius 3 is 2.41 bits per heavy atom. The van der Waals surface area contributed by atoms with Crippen LogP contribution in [0.2, 0.25) is 0 Å². The maximum absolute atomic E-state index is 12.1. The Morgan fingerprint density at radius 1 is 1.17 bits per heavy atom. The minimum atomic E-state index is -0.194. The van der Waals surface area contributed by atoms with Gasteiger partial charge in [0, 0.05) is 43.7 Å². The summed E-state index contributed by atoms with van der Waals surface area (Å²) in [7, 11) is 0. The normalized spacial score (nSPS) is 15.3. The summed E-state index contributed by atoms with van der Waals surface area (Å²) in [6, 6.07) is 6.41. The summed E-state index contributed by atoms with van der Waals surface area (Å²) in [5.41, 5.74) is 0.500. The number of phenolic OH excluding ortho intramolecular Hbond substituents is 1. The number of phenols is 1. The van der Waals surface area contributed by atoms with Crippen molar-refractivity contribution in [1.82, 2.24) is 20.9 Å². The first kappa shape index (κ1) is 22.5. The molecule has 0 bridgehead atoms. The first-order valence-electron chi connectivity index (χ1n) is 10.3. The number of benzene rings is 1. The van der Waals surface area contributed by atoms with E-state index in [1.54, 1.807) is 12.1 Å². The van der Waals surface area contributed by atoms with Crippen LogP contribution in [0.4, 0.5) is 0 Å². The van der Waals surface area contributed by atoms with Crippen LogP contribution < -0.4 is 16.0 Å². The average Bonchev–Trinajstić information content (AvgIpc) is 2.71. The molecular formula is C21H33N5O3. The average molecular weight is 404 g/mol. The molecule has 160 valence electrons. The molecule has 1 heterocycles. The van der Waals surface area contributed by atoms with E-state index in [9.17, 15) is 14.7 Å². The van der Waals surface area contributed by atoms with Crippen LogP contribution >= 0.6 is 0 Å². The largest absolute Gasteiger partial charge is 0.508 e. The number of nitrogens with zero attached hydrogens (tertiary/aromatic N) is 2. The van der Waals surface area contributed by atoms with Gasteiger partial charge in [-0.05, 0) is 44.0 Å². The molecule has 1 saturated heterocycles. The molecule has 0 radical (unpaired) electrons. The fourth-order valence-electron chi connectivity index (χ4n) is 3.17. The third kappa shape index (κ3) is 7.29. The highest BCUT2D eigenvalue weighted by atomic mass is 16.3. The zero-order chi connectivity index (χ0) is 21.2. The Balaban J connectivity index is 1.77. The van der Waals surface area contributed by atoms with Gasteiger partial charge >= 0.3 is 0 Å². The highest BCUT2D eigenvalue weighted by Crippen LogP contribution is 2.13. The van der Waals surface area contributed by atoms with Crippen LogP contribution in [0.1, 0.15) is 44.0 Å². The van der Waals surface area contributed by atoms with Crippen LogP contribution in [0, 0.1) is 5.92 Å². The van der Waals surface area contributed by atoms with E-state index in [0.717, 1.165) is 38.4 Å². The van der Waals surface area contributed by atoms with Gasteiger partial charge < -0.3 is 26.0 Å². The Hall–Kier alpha value is -2.77. The molecule has 2 amide bonds. The predicted octanol–water partition coefficient (Wildman–Crippen LogP) is 1.32. The van der Waals surface area contributed by atoms with Crippen molar-refractivity contribution in [2.24, 2.45) is 10.9 Å². The molecule has 29 heavy (non-hydrogen) atoms. The molecule has 1 aromatic rings. The summed E-state index contributed by atoms with van der Waals surface area (Å²) < 4.78 is 0. The van der Waals surface area contributed by atoms with Crippen molar-refractivity contribution in [3.63, 3.8) is 0 Å². The zero-order valence-corrected chi connectivity index (χ0v) is 17.6. The zero-order valence-electron chi connectivity index (χ0n) is 17.6. The van der Waals surface area contributed by atoms with Crippen molar-refractivity contribution in [2.75, 3.05) is 32.7 Å². The summed E-state index contributed by atoms with van der Waals surface area (Å²) >= 11 is 0. The number of nitrogens with one attached hydrogen (secondary N) is 3. The molecule has 0 unspecified atom stereocenters. The van der Waals surface area contributed by atoms with Gasteiger partial charge in [0.05, 0.1) is 6.54 Å². The molecule has 1 aromatic carbocycles. The molecule has 8 heteroatoms. The summed E-state index contributed by atoms with van der Waals surface area (Å²) in [6.45, 7) is 9.01. The molecule has 0 saturated carbocycles. The van der Waals surface area contributed by atoms with E-state index in [4.69, 9.17) is 0 Å². The molecule has 1 aliphatic heterocycles. The number of hydrogen-bond acceptors (Lipinski definition) is 4. The number of piperidine rings is 1. The van der Waals surface area contributed by atoms with Gasteiger partial charge in [0.2, 0.25) is 5.91 Å². The monoisotopic (exact) mass is 403 g/mol. The lowest BCUT2D eigenvalue weighted by atomic mass is 10.0. The first-order chi connectivity index (χ1) is 13.9. The highest BCUT2D eigenvalue weighted by molar-refractivity contribution is 5.94. The molecule has 8 nitrogen and oxygen atoms in total. The lowest BCUT2D eigenvalue weighted by molar-refractivity contribution is -0.135. The van der Waals surface area contributed by atoms with Gasteiger partial charge in [-0.2, -0.15) is 0 Å². The van der Waals surface area contributed by atoms with Crippen LogP contribution in [0.5, 0.6) is 5.75 Å². The van der Waals surface area contributed by atoms with E-state index in [1.165, 1.54) is 12.1 Å². The number of likely N-dealkylation sites (tertiary alicyclic amines) is 1. The third-order valence-electron chi connectivity index (χ3n) is 4.78. The van der Waals surface area contributed by atoms with Crippen molar-refractivity contribution in [3.05, 3.63) is 29.8 Å². The van der Waals surface area contributed by atoms with Crippen molar-refractivity contribution in [1.29, 1.82) is 0 Å². The topological polar surface area (TPSA) is 106 Å². The second kappa shape index (κ2) is 11.3. The van der Waals surface area contributed by atoms with Crippen molar-refractivity contribution < 1.29 is 14.7 Å². The van der Waals surface area contributed by atoms with Crippen LogP contribution in [-0.4, -0.2) is 66.5 Å². The van der Waals surface area contributed by atoms with Gasteiger partial charge in [-0.15, -0.1) is 0 Å². The SMILES string of the molecule is CCNC(=NCCNC(=O)c1ccc(O)cc1)NC1CCN(C(=O)C(C)C)CC1. The Kier molecular flexibility index (Phi) is 8.76. The van der Waals surface area contributed by atoms with Gasteiger partial charge in [0.15, 0.2) is 5.96 Å². The van der Waals surface area contributed by atoms with Gasteiger partial charge in [0.25, 0.3) is 5.91 Å².